The Morgan fingerprint density at radius 3 is 2.36 bits per heavy atom. The fraction of sp³-hybridized carbons (Fsp3) is 0.200. The van der Waals surface area contributed by atoms with Crippen LogP contribution in [0.1, 0.15) is 20.7 Å². The Labute approximate surface area is 159 Å². The maximum atomic E-state index is 14.0. The first kappa shape index (κ1) is 17.8. The molecule has 7 nitrogen and oxygen atoms in total. The predicted octanol–water partition coefficient (Wildman–Crippen LogP) is 1.87. The molecule has 2 aromatic heterocycles. The number of aromatic nitrogens is 2. The number of nitrogens with zero attached hydrogens (tertiary/aromatic N) is 3. The zero-order valence-electron chi connectivity index (χ0n) is 14.9. The number of ketones is 1. The van der Waals surface area contributed by atoms with Gasteiger partial charge in [-0.1, -0.05) is 18.2 Å². The van der Waals surface area contributed by atoms with Crippen molar-refractivity contribution in [2.24, 2.45) is 0 Å². The van der Waals surface area contributed by atoms with E-state index in [-0.39, 0.29) is 29.9 Å². The van der Waals surface area contributed by atoms with Crippen molar-refractivity contribution in [1.82, 2.24) is 19.8 Å². The summed E-state index contributed by atoms with van der Waals surface area (Å²) in [5.74, 6) is -2.25. The van der Waals surface area contributed by atoms with E-state index in [0.29, 0.717) is 24.2 Å². The molecule has 0 unspecified atom stereocenters. The van der Waals surface area contributed by atoms with E-state index < -0.39 is 17.5 Å². The highest BCUT2D eigenvalue weighted by atomic mass is 19.1. The summed E-state index contributed by atoms with van der Waals surface area (Å²) in [6.45, 7) is 1.16. The van der Waals surface area contributed by atoms with E-state index in [1.807, 2.05) is 6.07 Å². The maximum Gasteiger partial charge on any atom is 0.295 e. The third-order valence-corrected chi connectivity index (χ3v) is 4.85. The highest BCUT2D eigenvalue weighted by Crippen LogP contribution is 2.21. The molecule has 3 aromatic rings. The number of carbonyl (C=O) groups excluding carboxylic acids is 3. The van der Waals surface area contributed by atoms with E-state index in [9.17, 15) is 18.8 Å². The van der Waals surface area contributed by atoms with Crippen LogP contribution in [0, 0.1) is 5.82 Å². The van der Waals surface area contributed by atoms with Gasteiger partial charge in [-0.3, -0.25) is 19.4 Å². The van der Waals surface area contributed by atoms with Gasteiger partial charge in [0.05, 0.1) is 23.5 Å². The number of fused-ring (bicyclic) bond motifs is 1. The zero-order valence-corrected chi connectivity index (χ0v) is 14.9. The molecule has 1 aromatic carbocycles. The van der Waals surface area contributed by atoms with Crippen molar-refractivity contribution in [3.05, 3.63) is 65.9 Å². The van der Waals surface area contributed by atoms with Crippen molar-refractivity contribution in [2.75, 3.05) is 26.2 Å². The number of amides is 2. The number of rotatable bonds is 3. The number of pyridine rings is 1. The Kier molecular flexibility index (Phi) is 4.60. The van der Waals surface area contributed by atoms with Crippen LogP contribution in [0.2, 0.25) is 0 Å². The number of aromatic amines is 1. The van der Waals surface area contributed by atoms with Crippen LogP contribution in [0.4, 0.5) is 4.39 Å². The molecule has 4 rings (SSSR count). The van der Waals surface area contributed by atoms with Crippen molar-refractivity contribution in [3.8, 4) is 0 Å². The van der Waals surface area contributed by atoms with Crippen molar-refractivity contribution in [1.29, 1.82) is 0 Å². The van der Waals surface area contributed by atoms with Crippen LogP contribution < -0.4 is 0 Å². The molecule has 1 N–H and O–H groups in total. The number of piperazine rings is 1. The number of H-pyrrole nitrogens is 1. The van der Waals surface area contributed by atoms with Gasteiger partial charge in [-0.05, 0) is 12.1 Å². The standard InChI is InChI=1S/C20H17FN4O3/c21-15-11-22-12-16-17(15)14(10-23-16)18(26)20(28)25-8-6-24(7-9-25)19(27)13-4-2-1-3-5-13/h1-5,10-12,23H,6-9H2. The summed E-state index contributed by atoms with van der Waals surface area (Å²) in [6, 6.07) is 8.90. The first-order valence-electron chi connectivity index (χ1n) is 8.85. The first-order valence-corrected chi connectivity index (χ1v) is 8.85. The van der Waals surface area contributed by atoms with Gasteiger partial charge >= 0.3 is 0 Å². The lowest BCUT2D eigenvalue weighted by atomic mass is 10.1. The number of benzene rings is 1. The van der Waals surface area contributed by atoms with Crippen LogP contribution in [-0.2, 0) is 4.79 Å². The molecule has 1 aliphatic heterocycles. The summed E-state index contributed by atoms with van der Waals surface area (Å²) in [5.41, 5.74) is 0.929. The van der Waals surface area contributed by atoms with Crippen LogP contribution in [0.5, 0.6) is 0 Å². The van der Waals surface area contributed by atoms with Crippen molar-refractivity contribution in [3.63, 3.8) is 0 Å². The van der Waals surface area contributed by atoms with Gasteiger partial charge in [0.25, 0.3) is 17.6 Å². The van der Waals surface area contributed by atoms with E-state index in [1.54, 1.807) is 29.2 Å². The summed E-state index contributed by atoms with van der Waals surface area (Å²) < 4.78 is 14.0. The molecule has 2 amide bonds. The molecule has 0 radical (unpaired) electrons. The molecule has 3 heterocycles. The fourth-order valence-corrected chi connectivity index (χ4v) is 3.35. The number of halogens is 1. The first-order chi connectivity index (χ1) is 13.6. The smallest absolute Gasteiger partial charge is 0.295 e. The number of nitrogens with one attached hydrogen (secondary N) is 1. The lowest BCUT2D eigenvalue weighted by molar-refractivity contribution is -0.127. The molecule has 0 spiro atoms. The number of carbonyl (C=O) groups is 3. The Morgan fingerprint density at radius 1 is 0.964 bits per heavy atom. The van der Waals surface area contributed by atoms with Gasteiger partial charge < -0.3 is 14.8 Å². The van der Waals surface area contributed by atoms with Crippen molar-refractivity contribution < 1.29 is 18.8 Å². The normalized spacial score (nSPS) is 14.3. The van der Waals surface area contributed by atoms with Gasteiger partial charge in [-0.2, -0.15) is 0 Å². The highest BCUT2D eigenvalue weighted by Gasteiger charge is 2.30. The second-order valence-corrected chi connectivity index (χ2v) is 6.53. The van der Waals surface area contributed by atoms with E-state index >= 15 is 0 Å². The van der Waals surface area contributed by atoms with Crippen LogP contribution in [0.25, 0.3) is 10.9 Å². The maximum absolute atomic E-state index is 14.0. The van der Waals surface area contributed by atoms with Gasteiger partial charge in [-0.15, -0.1) is 0 Å². The quantitative estimate of drug-likeness (QED) is 0.555. The van der Waals surface area contributed by atoms with Gasteiger partial charge in [0.2, 0.25) is 0 Å². The summed E-state index contributed by atoms with van der Waals surface area (Å²) in [5, 5.41) is 0.0613. The van der Waals surface area contributed by atoms with Crippen LogP contribution in [0.15, 0.2) is 48.9 Å². The van der Waals surface area contributed by atoms with Crippen LogP contribution in [0.3, 0.4) is 0 Å². The summed E-state index contributed by atoms with van der Waals surface area (Å²) in [7, 11) is 0. The summed E-state index contributed by atoms with van der Waals surface area (Å²) in [6.07, 6.45) is 3.73. The highest BCUT2D eigenvalue weighted by molar-refractivity contribution is 6.44. The Balaban J connectivity index is 1.45. The summed E-state index contributed by atoms with van der Waals surface area (Å²) >= 11 is 0. The van der Waals surface area contributed by atoms with Crippen molar-refractivity contribution in [2.45, 2.75) is 0 Å². The van der Waals surface area contributed by atoms with Gasteiger partial charge in [0, 0.05) is 43.3 Å². The molecule has 0 bridgehead atoms. The third-order valence-electron chi connectivity index (χ3n) is 4.85. The van der Waals surface area contributed by atoms with E-state index in [4.69, 9.17) is 0 Å². The van der Waals surface area contributed by atoms with Crippen LogP contribution in [-0.4, -0.2) is 63.5 Å². The lowest BCUT2D eigenvalue weighted by Crippen LogP contribution is -2.52. The number of hydrogen-bond donors (Lipinski definition) is 1. The van der Waals surface area contributed by atoms with Crippen LogP contribution >= 0.6 is 0 Å². The second kappa shape index (κ2) is 7.22. The summed E-state index contributed by atoms with van der Waals surface area (Å²) in [4.78, 5) is 47.3. The molecule has 8 heteroatoms. The van der Waals surface area contributed by atoms with E-state index in [0.717, 1.165) is 6.20 Å². The van der Waals surface area contributed by atoms with E-state index in [2.05, 4.69) is 9.97 Å². The predicted molar refractivity (Wildman–Crippen MR) is 99.3 cm³/mol. The number of hydrogen-bond acceptors (Lipinski definition) is 4. The molecule has 1 aliphatic rings. The Hall–Kier alpha value is -3.55. The van der Waals surface area contributed by atoms with E-state index in [1.165, 1.54) is 17.3 Å². The average Bonchev–Trinajstić information content (AvgIpc) is 3.18. The molecule has 0 aliphatic carbocycles. The second-order valence-electron chi connectivity index (χ2n) is 6.53. The van der Waals surface area contributed by atoms with Gasteiger partial charge in [0.15, 0.2) is 5.82 Å². The van der Waals surface area contributed by atoms with Crippen molar-refractivity contribution >= 4 is 28.5 Å². The minimum absolute atomic E-state index is 0.0114. The Bertz CT molecular complexity index is 1060. The minimum atomic E-state index is -0.779. The lowest BCUT2D eigenvalue weighted by Gasteiger charge is -2.34. The molecular weight excluding hydrogens is 363 g/mol. The zero-order chi connectivity index (χ0) is 19.7. The topological polar surface area (TPSA) is 86.4 Å². The number of Topliss-reactive ketones (excluding diaryl/α,β-unsaturated/α-hetero) is 1. The molecule has 0 atom stereocenters. The molecule has 1 saturated heterocycles. The largest absolute Gasteiger partial charge is 0.359 e. The SMILES string of the molecule is O=C(C(=O)N1CCN(C(=O)c2ccccc2)CC1)c1c[nH]c2cncc(F)c12. The fourth-order valence-electron chi connectivity index (χ4n) is 3.35. The minimum Gasteiger partial charge on any atom is -0.359 e. The molecular formula is C20H17FN4O3. The van der Waals surface area contributed by atoms with Gasteiger partial charge in [0.1, 0.15) is 0 Å². The molecule has 28 heavy (non-hydrogen) atoms. The molecule has 142 valence electrons. The average molecular weight is 380 g/mol. The molecule has 0 saturated carbocycles. The monoisotopic (exact) mass is 380 g/mol. The molecule has 1 fully saturated rings. The Morgan fingerprint density at radius 2 is 1.64 bits per heavy atom. The third kappa shape index (κ3) is 3.13. The van der Waals surface area contributed by atoms with Gasteiger partial charge in [-0.25, -0.2) is 4.39 Å².